The minimum atomic E-state index is 0.138. The molecule has 0 saturated carbocycles. The summed E-state index contributed by atoms with van der Waals surface area (Å²) in [4.78, 5) is 13.8. The van der Waals surface area contributed by atoms with E-state index in [1.165, 1.54) is 0 Å². The minimum absolute atomic E-state index is 0.138. The summed E-state index contributed by atoms with van der Waals surface area (Å²) in [5.74, 6) is 1.03. The number of carbonyl (C=O) groups is 1. The highest BCUT2D eigenvalue weighted by atomic mass is 16.5. The molecule has 1 rings (SSSR count). The van der Waals surface area contributed by atoms with Gasteiger partial charge in [-0.15, -0.1) is 0 Å². The van der Waals surface area contributed by atoms with Crippen molar-refractivity contribution in [2.45, 2.75) is 26.7 Å². The molecule has 4 heteroatoms. The number of amides is 1. The third kappa shape index (κ3) is 3.96. The van der Waals surface area contributed by atoms with Crippen LogP contribution in [0.2, 0.25) is 0 Å². The van der Waals surface area contributed by atoms with Gasteiger partial charge in [0.2, 0.25) is 5.91 Å². The number of hydrogen-bond donors (Lipinski definition) is 1. The first-order valence-corrected chi connectivity index (χ1v) is 6.57. The van der Waals surface area contributed by atoms with E-state index in [0.29, 0.717) is 6.42 Å². The van der Waals surface area contributed by atoms with Crippen LogP contribution in [0.15, 0.2) is 12.1 Å². The molecule has 1 aromatic carbocycles. The number of rotatable bonds is 6. The lowest BCUT2D eigenvalue weighted by molar-refractivity contribution is -0.118. The maximum atomic E-state index is 12.1. The van der Waals surface area contributed by atoms with Crippen LogP contribution in [0, 0.1) is 13.8 Å². The fourth-order valence-electron chi connectivity index (χ4n) is 2.17. The second-order valence-electron chi connectivity index (χ2n) is 4.77. The van der Waals surface area contributed by atoms with Crippen LogP contribution in [0.4, 0.5) is 5.69 Å². The maximum Gasteiger partial charge on any atom is 0.226 e. The fraction of sp³-hybridized carbons (Fsp3) is 0.533. The van der Waals surface area contributed by atoms with E-state index in [2.05, 4.69) is 5.32 Å². The molecule has 0 spiro atoms. The van der Waals surface area contributed by atoms with E-state index in [1.807, 2.05) is 40.1 Å². The van der Waals surface area contributed by atoms with Gasteiger partial charge in [0, 0.05) is 19.2 Å². The van der Waals surface area contributed by atoms with Gasteiger partial charge in [-0.3, -0.25) is 4.79 Å². The van der Waals surface area contributed by atoms with E-state index in [-0.39, 0.29) is 5.91 Å². The predicted molar refractivity (Wildman–Crippen MR) is 79.0 cm³/mol. The highest BCUT2D eigenvalue weighted by Gasteiger charge is 2.13. The van der Waals surface area contributed by atoms with Crippen molar-refractivity contribution in [1.29, 1.82) is 0 Å². The molecule has 0 unspecified atom stereocenters. The summed E-state index contributed by atoms with van der Waals surface area (Å²) < 4.78 is 5.34. The number of methoxy groups -OCH3 is 1. The lowest BCUT2D eigenvalue weighted by Crippen LogP contribution is -2.27. The summed E-state index contributed by atoms with van der Waals surface area (Å²) in [5.41, 5.74) is 3.02. The van der Waals surface area contributed by atoms with Crippen molar-refractivity contribution in [2.24, 2.45) is 0 Å². The van der Waals surface area contributed by atoms with Crippen LogP contribution < -0.4 is 15.0 Å². The Kier molecular flexibility index (Phi) is 5.83. The van der Waals surface area contributed by atoms with Gasteiger partial charge >= 0.3 is 0 Å². The van der Waals surface area contributed by atoms with Gasteiger partial charge in [-0.25, -0.2) is 0 Å². The third-order valence-electron chi connectivity index (χ3n) is 3.23. The van der Waals surface area contributed by atoms with Gasteiger partial charge in [0.1, 0.15) is 5.75 Å². The van der Waals surface area contributed by atoms with Crippen LogP contribution >= 0.6 is 0 Å². The number of nitrogens with zero attached hydrogens (tertiary/aromatic N) is 1. The van der Waals surface area contributed by atoms with Crippen LogP contribution in [0.3, 0.4) is 0 Å². The number of hydrogen-bond acceptors (Lipinski definition) is 3. The van der Waals surface area contributed by atoms with E-state index in [4.69, 9.17) is 4.74 Å². The first-order valence-electron chi connectivity index (χ1n) is 6.57. The molecule has 0 atom stereocenters. The molecule has 0 aromatic heterocycles. The summed E-state index contributed by atoms with van der Waals surface area (Å²) in [6, 6.07) is 3.98. The molecule has 0 aliphatic heterocycles. The molecule has 0 saturated heterocycles. The Morgan fingerprint density at radius 3 is 2.37 bits per heavy atom. The molecule has 0 radical (unpaired) electrons. The summed E-state index contributed by atoms with van der Waals surface area (Å²) >= 11 is 0. The molecule has 0 fully saturated rings. The fourth-order valence-corrected chi connectivity index (χ4v) is 2.17. The lowest BCUT2D eigenvalue weighted by Gasteiger charge is -2.20. The van der Waals surface area contributed by atoms with Crippen LogP contribution in [0.1, 0.15) is 24.0 Å². The number of benzene rings is 1. The van der Waals surface area contributed by atoms with E-state index >= 15 is 0 Å². The van der Waals surface area contributed by atoms with Crippen molar-refractivity contribution >= 4 is 11.6 Å². The van der Waals surface area contributed by atoms with Crippen LogP contribution in [0.25, 0.3) is 0 Å². The van der Waals surface area contributed by atoms with Crippen molar-refractivity contribution in [3.8, 4) is 5.75 Å². The van der Waals surface area contributed by atoms with Gasteiger partial charge in [-0.2, -0.15) is 0 Å². The first-order chi connectivity index (χ1) is 9.01. The van der Waals surface area contributed by atoms with Crippen molar-refractivity contribution < 1.29 is 9.53 Å². The molecule has 0 aliphatic carbocycles. The van der Waals surface area contributed by atoms with Gasteiger partial charge in [-0.1, -0.05) is 0 Å². The topological polar surface area (TPSA) is 41.6 Å². The number of ether oxygens (including phenoxy) is 1. The molecule has 1 N–H and O–H groups in total. The molecule has 1 aromatic rings. The van der Waals surface area contributed by atoms with Crippen molar-refractivity contribution in [1.82, 2.24) is 5.32 Å². The molecule has 106 valence electrons. The van der Waals surface area contributed by atoms with E-state index in [0.717, 1.165) is 35.5 Å². The SMILES string of the molecule is CNCCCC(=O)N(C)c1cc(C)c(OC)c(C)c1. The standard InChI is InChI=1S/C15H24N2O2/c1-11-9-13(10-12(2)15(11)19-5)17(4)14(18)7-6-8-16-3/h9-10,16H,6-8H2,1-5H3. The van der Waals surface area contributed by atoms with Gasteiger partial charge in [0.15, 0.2) is 0 Å². The minimum Gasteiger partial charge on any atom is -0.496 e. The maximum absolute atomic E-state index is 12.1. The smallest absolute Gasteiger partial charge is 0.226 e. The van der Waals surface area contributed by atoms with Crippen LogP contribution in [-0.4, -0.2) is 33.7 Å². The zero-order valence-corrected chi connectivity index (χ0v) is 12.5. The van der Waals surface area contributed by atoms with E-state index in [1.54, 1.807) is 12.0 Å². The van der Waals surface area contributed by atoms with Gasteiger partial charge in [-0.05, 0) is 57.1 Å². The first kappa shape index (κ1) is 15.5. The van der Waals surface area contributed by atoms with Crippen LogP contribution in [-0.2, 0) is 4.79 Å². The van der Waals surface area contributed by atoms with Gasteiger partial charge in [0.05, 0.1) is 7.11 Å². The Bertz CT molecular complexity index is 421. The summed E-state index contributed by atoms with van der Waals surface area (Å²) in [5, 5.41) is 3.05. The average Bonchev–Trinajstić information content (AvgIpc) is 2.37. The summed E-state index contributed by atoms with van der Waals surface area (Å²) in [6.45, 7) is 4.85. The molecular formula is C15H24N2O2. The van der Waals surface area contributed by atoms with E-state index in [9.17, 15) is 4.79 Å². The summed E-state index contributed by atoms with van der Waals surface area (Å²) in [7, 11) is 5.38. The predicted octanol–water partition coefficient (Wildman–Crippen LogP) is 2.27. The normalized spacial score (nSPS) is 10.4. The molecule has 0 bridgehead atoms. The number of anilines is 1. The molecule has 4 nitrogen and oxygen atoms in total. The Labute approximate surface area is 115 Å². The lowest BCUT2D eigenvalue weighted by atomic mass is 10.1. The second kappa shape index (κ2) is 7.14. The zero-order chi connectivity index (χ0) is 14.4. The molecule has 0 aliphatic rings. The van der Waals surface area contributed by atoms with Crippen molar-refractivity contribution in [3.63, 3.8) is 0 Å². The Morgan fingerprint density at radius 1 is 1.32 bits per heavy atom. The Balaban J connectivity index is 2.82. The highest BCUT2D eigenvalue weighted by molar-refractivity contribution is 5.93. The van der Waals surface area contributed by atoms with Crippen molar-refractivity contribution in [3.05, 3.63) is 23.3 Å². The zero-order valence-electron chi connectivity index (χ0n) is 12.5. The second-order valence-corrected chi connectivity index (χ2v) is 4.77. The number of nitrogens with one attached hydrogen (secondary N) is 1. The quantitative estimate of drug-likeness (QED) is 0.801. The highest BCUT2D eigenvalue weighted by Crippen LogP contribution is 2.28. The largest absolute Gasteiger partial charge is 0.496 e. The monoisotopic (exact) mass is 264 g/mol. The number of aryl methyl sites for hydroxylation is 2. The van der Waals surface area contributed by atoms with Crippen molar-refractivity contribution in [2.75, 3.05) is 32.6 Å². The molecule has 0 heterocycles. The number of carbonyl (C=O) groups excluding carboxylic acids is 1. The van der Waals surface area contributed by atoms with E-state index < -0.39 is 0 Å². The Morgan fingerprint density at radius 2 is 1.89 bits per heavy atom. The molecule has 19 heavy (non-hydrogen) atoms. The third-order valence-corrected chi connectivity index (χ3v) is 3.23. The Hall–Kier alpha value is -1.55. The van der Waals surface area contributed by atoms with Gasteiger partial charge in [0.25, 0.3) is 0 Å². The van der Waals surface area contributed by atoms with Gasteiger partial charge < -0.3 is 15.0 Å². The average molecular weight is 264 g/mol. The summed E-state index contributed by atoms with van der Waals surface area (Å²) in [6.07, 6.45) is 1.41. The van der Waals surface area contributed by atoms with Crippen LogP contribution in [0.5, 0.6) is 5.75 Å². The molecule has 1 amide bonds. The molecular weight excluding hydrogens is 240 g/mol.